The Morgan fingerprint density at radius 1 is 0.981 bits per heavy atom. The van der Waals surface area contributed by atoms with Crippen molar-refractivity contribution in [2.75, 3.05) is 26.0 Å². The largest absolute Gasteiger partial charge is 0.394 e. The highest BCUT2D eigenvalue weighted by Gasteiger charge is 2.43. The highest BCUT2D eigenvalue weighted by Crippen LogP contribution is 2.42. The van der Waals surface area contributed by atoms with Crippen molar-refractivity contribution in [2.45, 2.75) is 109 Å². The zero-order chi connectivity index (χ0) is 39.0. The van der Waals surface area contributed by atoms with E-state index in [-0.39, 0.29) is 17.7 Å². The van der Waals surface area contributed by atoms with Crippen molar-refractivity contribution in [1.82, 2.24) is 24.8 Å². The molecular formula is C42H55N5O6S. The molecule has 0 spiro atoms. The van der Waals surface area contributed by atoms with Gasteiger partial charge in [0, 0.05) is 70.9 Å². The second kappa shape index (κ2) is 16.5. The Bertz CT molecular complexity index is 2100. The SMILES string of the molecule is C=Cc1c(C)c2cc3nc(c(C)c4nc(cc5[nH]c(cc1[nH]2)c(C)c5CC)C(C)=C4)[C@@H](CCC(=O)N(C)CCCS[C@H]1O[C@H](CO)[C@@H](O)[C@H](O)[C@@H]1O)[C@@H]3C. The van der Waals surface area contributed by atoms with Crippen LogP contribution in [0.5, 0.6) is 0 Å². The van der Waals surface area contributed by atoms with E-state index in [1.807, 2.05) is 6.08 Å². The molecule has 0 aliphatic carbocycles. The molecule has 11 nitrogen and oxygen atoms in total. The number of H-pyrrole nitrogens is 2. The second-order valence-corrected chi connectivity index (χ2v) is 16.2. The van der Waals surface area contributed by atoms with Crippen molar-refractivity contribution >= 4 is 57.5 Å². The molecule has 8 bridgehead atoms. The smallest absolute Gasteiger partial charge is 0.222 e. The van der Waals surface area contributed by atoms with Crippen molar-refractivity contribution in [2.24, 2.45) is 0 Å². The molecule has 7 atom stereocenters. The maximum Gasteiger partial charge on any atom is 0.222 e. The first-order valence-corrected chi connectivity index (χ1v) is 20.0. The topological polar surface area (TPSA) is 168 Å². The number of nitrogens with zero attached hydrogens (tertiary/aromatic N) is 3. The molecule has 0 saturated carbocycles. The second-order valence-electron chi connectivity index (χ2n) is 15.0. The fourth-order valence-electron chi connectivity index (χ4n) is 7.98. The van der Waals surface area contributed by atoms with Gasteiger partial charge in [-0.15, -0.1) is 11.8 Å². The van der Waals surface area contributed by atoms with Crippen LogP contribution in [0.2, 0.25) is 0 Å². The summed E-state index contributed by atoms with van der Waals surface area (Å²) >= 11 is 1.30. The number of aromatic nitrogens is 4. The van der Waals surface area contributed by atoms with Gasteiger partial charge in [0.25, 0.3) is 0 Å². The number of rotatable bonds is 11. The lowest BCUT2D eigenvalue weighted by molar-refractivity contribution is -0.205. The predicted octanol–water partition coefficient (Wildman–Crippen LogP) is 6.06. The van der Waals surface area contributed by atoms with Crippen LogP contribution < -0.4 is 0 Å². The average molecular weight is 758 g/mol. The first kappa shape index (κ1) is 39.9. The molecule has 1 amide bonds. The van der Waals surface area contributed by atoms with Crippen LogP contribution in [0.15, 0.2) is 24.8 Å². The summed E-state index contributed by atoms with van der Waals surface area (Å²) in [5, 5.41) is 40.0. The van der Waals surface area contributed by atoms with E-state index in [0.29, 0.717) is 31.6 Å². The van der Waals surface area contributed by atoms with E-state index in [2.05, 4.69) is 82.4 Å². The Kier molecular flexibility index (Phi) is 12.2. The lowest BCUT2D eigenvalue weighted by Crippen LogP contribution is -2.57. The van der Waals surface area contributed by atoms with Gasteiger partial charge < -0.3 is 40.0 Å². The summed E-state index contributed by atoms with van der Waals surface area (Å²) in [4.78, 5) is 33.0. The minimum absolute atomic E-state index is 0.00974. The lowest BCUT2D eigenvalue weighted by atomic mass is 9.85. The van der Waals surface area contributed by atoms with Crippen molar-refractivity contribution in [3.05, 3.63) is 75.4 Å². The first-order valence-electron chi connectivity index (χ1n) is 19.0. The van der Waals surface area contributed by atoms with Gasteiger partial charge in [-0.1, -0.05) is 26.5 Å². The maximum atomic E-state index is 13.5. The number of carbonyl (C=O) groups is 1. The van der Waals surface area contributed by atoms with E-state index in [0.717, 1.165) is 73.5 Å². The molecule has 54 heavy (non-hydrogen) atoms. The molecule has 12 heteroatoms. The fourth-order valence-corrected chi connectivity index (χ4v) is 9.09. The zero-order valence-corrected chi connectivity index (χ0v) is 33.3. The van der Waals surface area contributed by atoms with Crippen LogP contribution in [0.1, 0.15) is 102 Å². The maximum absolute atomic E-state index is 13.5. The average Bonchev–Trinajstić information content (AvgIpc) is 3.86. The Hall–Kier alpha value is -3.78. The van der Waals surface area contributed by atoms with Gasteiger partial charge in [0.15, 0.2) is 0 Å². The summed E-state index contributed by atoms with van der Waals surface area (Å²) in [6.45, 7) is 17.0. The standard InChI is InChI=1S/C42H55N5O6S/c1-9-26-23(5)32-19-35-27(10-2)22(4)31(44-35)18-33-24(6)28(38(46-33)25(7)30-16-21(3)29(43-30)17-34(26)45-32)12-13-37(49)47(8)14-11-15-54-42-41(52)40(51)39(50)36(20-48)53-42/h10,16-19,24,28,36,39-42,44-45,48,50-52H,2,9,11-15,20H2,1,3-8H3/t24-,28-,36+,39+,40-,41-,42+/m0/s1. The van der Waals surface area contributed by atoms with Gasteiger partial charge in [-0.3, -0.25) is 9.78 Å². The normalized spacial score (nSPS) is 24.1. The molecule has 3 aromatic heterocycles. The Morgan fingerprint density at radius 2 is 1.70 bits per heavy atom. The third kappa shape index (κ3) is 7.69. The highest BCUT2D eigenvalue weighted by molar-refractivity contribution is 7.99. The number of aliphatic hydroxyl groups is 4. The van der Waals surface area contributed by atoms with Crippen LogP contribution in [0.3, 0.4) is 0 Å². The number of thioether (sulfide) groups is 1. The predicted molar refractivity (Wildman–Crippen MR) is 217 cm³/mol. The molecule has 0 radical (unpaired) electrons. The van der Waals surface area contributed by atoms with E-state index in [9.17, 15) is 25.2 Å². The van der Waals surface area contributed by atoms with Crippen LogP contribution in [0.25, 0.3) is 39.8 Å². The van der Waals surface area contributed by atoms with E-state index >= 15 is 0 Å². The number of aromatic amines is 2. The number of amides is 1. The van der Waals surface area contributed by atoms with Gasteiger partial charge in [-0.25, -0.2) is 4.98 Å². The number of hydrogen-bond donors (Lipinski definition) is 6. The van der Waals surface area contributed by atoms with Crippen molar-refractivity contribution < 1.29 is 30.0 Å². The van der Waals surface area contributed by atoms with Crippen LogP contribution >= 0.6 is 11.8 Å². The summed E-state index contributed by atoms with van der Waals surface area (Å²) in [6, 6.07) is 6.47. The van der Waals surface area contributed by atoms with Gasteiger partial charge in [-0.2, -0.15) is 0 Å². The molecule has 6 heterocycles. The highest BCUT2D eigenvalue weighted by atomic mass is 32.2. The van der Waals surface area contributed by atoms with Gasteiger partial charge in [0.1, 0.15) is 29.9 Å². The fraction of sp³-hybridized carbons (Fsp3) is 0.500. The minimum Gasteiger partial charge on any atom is -0.394 e. The molecule has 6 N–H and O–H groups in total. The number of aryl methyl sites for hydroxylation is 3. The van der Waals surface area contributed by atoms with Gasteiger partial charge in [0.2, 0.25) is 5.91 Å². The number of fused-ring (bicyclic) bond motifs is 8. The molecule has 290 valence electrons. The number of nitrogens with one attached hydrogen (secondary N) is 2. The van der Waals surface area contributed by atoms with Crippen molar-refractivity contribution in [1.29, 1.82) is 0 Å². The van der Waals surface area contributed by atoms with E-state index < -0.39 is 36.5 Å². The van der Waals surface area contributed by atoms with Crippen molar-refractivity contribution in [3.8, 4) is 0 Å². The number of hydrogen-bond acceptors (Lipinski definition) is 9. The van der Waals surface area contributed by atoms with Gasteiger partial charge >= 0.3 is 0 Å². The number of ether oxygens (including phenoxy) is 1. The summed E-state index contributed by atoms with van der Waals surface area (Å²) in [7, 11) is 1.80. The molecule has 3 aliphatic heterocycles. The quantitative estimate of drug-likeness (QED) is 0.128. The molecule has 3 aliphatic rings. The molecule has 0 aromatic carbocycles. The monoisotopic (exact) mass is 757 g/mol. The van der Waals surface area contributed by atoms with Gasteiger partial charge in [-0.05, 0) is 105 Å². The van der Waals surface area contributed by atoms with Crippen molar-refractivity contribution in [3.63, 3.8) is 0 Å². The van der Waals surface area contributed by atoms with Gasteiger partial charge in [0.05, 0.1) is 18.0 Å². The zero-order valence-electron chi connectivity index (χ0n) is 32.4. The van der Waals surface area contributed by atoms with Crippen LogP contribution in [0.4, 0.5) is 0 Å². The third-order valence-electron chi connectivity index (χ3n) is 11.5. The summed E-state index contributed by atoms with van der Waals surface area (Å²) in [5.74, 6) is 0.661. The number of aliphatic hydroxyl groups excluding tert-OH is 4. The van der Waals surface area contributed by atoms with Crippen LogP contribution in [-0.2, 0) is 16.0 Å². The Morgan fingerprint density at radius 3 is 2.41 bits per heavy atom. The molecule has 6 rings (SSSR count). The summed E-state index contributed by atoms with van der Waals surface area (Å²) in [5.41, 5.74) is 13.8. The summed E-state index contributed by atoms with van der Waals surface area (Å²) in [6.07, 6.45) is 1.56. The molecule has 1 fully saturated rings. The number of allylic oxidation sites excluding steroid dienone is 1. The molecule has 0 unspecified atom stereocenters. The number of carbonyl (C=O) groups excluding carboxylic acids is 1. The Balaban J connectivity index is 1.27. The molecule has 1 saturated heterocycles. The Labute approximate surface area is 321 Å². The third-order valence-corrected chi connectivity index (χ3v) is 12.8. The van der Waals surface area contributed by atoms with Crippen LogP contribution in [-0.4, -0.2) is 107 Å². The lowest BCUT2D eigenvalue weighted by Gasteiger charge is -2.39. The minimum atomic E-state index is -1.40. The van der Waals surface area contributed by atoms with E-state index in [1.54, 1.807) is 11.9 Å². The first-order chi connectivity index (χ1) is 25.8. The van der Waals surface area contributed by atoms with Crippen LogP contribution in [0, 0.1) is 20.8 Å². The van der Waals surface area contributed by atoms with E-state index in [1.165, 1.54) is 22.9 Å². The molecule has 3 aromatic rings. The molecular weight excluding hydrogens is 703 g/mol. The summed E-state index contributed by atoms with van der Waals surface area (Å²) < 4.78 is 5.60. The van der Waals surface area contributed by atoms with E-state index in [4.69, 9.17) is 14.7 Å².